The fourth-order valence-corrected chi connectivity index (χ4v) is 2.81. The molecule has 1 fully saturated rings. The van der Waals surface area contributed by atoms with Gasteiger partial charge < -0.3 is 14.8 Å². The number of aryl methyl sites for hydroxylation is 1. The first-order valence-corrected chi connectivity index (χ1v) is 8.18. The fourth-order valence-electron chi connectivity index (χ4n) is 2.81. The molecule has 1 N–H and O–H groups in total. The van der Waals surface area contributed by atoms with E-state index in [4.69, 9.17) is 9.47 Å². The van der Waals surface area contributed by atoms with Gasteiger partial charge >= 0.3 is 0 Å². The van der Waals surface area contributed by atoms with Crippen LogP contribution in [0.4, 0.5) is 0 Å². The maximum Gasteiger partial charge on any atom is 0.162 e. The molecule has 0 bridgehead atoms. The molecule has 0 unspecified atom stereocenters. The average molecular weight is 291 g/mol. The molecule has 21 heavy (non-hydrogen) atoms. The summed E-state index contributed by atoms with van der Waals surface area (Å²) in [7, 11) is 1.72. The quantitative estimate of drug-likeness (QED) is 0.786. The second-order valence-corrected chi connectivity index (χ2v) is 6.34. The van der Waals surface area contributed by atoms with Crippen LogP contribution in [-0.2, 0) is 6.42 Å². The van der Waals surface area contributed by atoms with E-state index in [2.05, 4.69) is 44.3 Å². The predicted molar refractivity (Wildman–Crippen MR) is 87.3 cm³/mol. The Hall–Kier alpha value is -1.22. The highest BCUT2D eigenvalue weighted by Crippen LogP contribution is 2.42. The van der Waals surface area contributed by atoms with Crippen LogP contribution < -0.4 is 14.8 Å². The van der Waals surface area contributed by atoms with Crippen molar-refractivity contribution in [3.05, 3.63) is 23.8 Å². The van der Waals surface area contributed by atoms with Gasteiger partial charge in [-0.3, -0.25) is 0 Å². The lowest BCUT2D eigenvalue weighted by atomic mass is 9.77. The molecule has 1 aliphatic carbocycles. The van der Waals surface area contributed by atoms with Crippen LogP contribution in [0.1, 0.15) is 52.0 Å². The molecule has 0 heterocycles. The Morgan fingerprint density at radius 3 is 2.52 bits per heavy atom. The molecule has 1 saturated carbocycles. The smallest absolute Gasteiger partial charge is 0.162 e. The highest BCUT2D eigenvalue weighted by atomic mass is 16.5. The van der Waals surface area contributed by atoms with E-state index in [-0.39, 0.29) is 5.60 Å². The van der Waals surface area contributed by atoms with Crippen molar-refractivity contribution in [1.82, 2.24) is 5.32 Å². The molecule has 0 aromatic heterocycles. The molecule has 3 heteroatoms. The monoisotopic (exact) mass is 291 g/mol. The summed E-state index contributed by atoms with van der Waals surface area (Å²) >= 11 is 0. The lowest BCUT2D eigenvalue weighted by molar-refractivity contribution is -0.0163. The topological polar surface area (TPSA) is 30.5 Å². The van der Waals surface area contributed by atoms with Crippen LogP contribution in [0.25, 0.3) is 0 Å². The van der Waals surface area contributed by atoms with Crippen LogP contribution in [0.2, 0.25) is 0 Å². The molecular formula is C18H29NO2. The summed E-state index contributed by atoms with van der Waals surface area (Å²) in [4.78, 5) is 0. The lowest BCUT2D eigenvalue weighted by Gasteiger charge is -2.42. The highest BCUT2D eigenvalue weighted by molar-refractivity contribution is 5.43. The summed E-state index contributed by atoms with van der Waals surface area (Å²) in [6, 6.07) is 6.82. The number of nitrogens with one attached hydrogen (secondary N) is 1. The molecule has 118 valence electrons. The van der Waals surface area contributed by atoms with Crippen LogP contribution in [0.15, 0.2) is 18.2 Å². The zero-order valence-corrected chi connectivity index (χ0v) is 13.9. The number of benzene rings is 1. The molecule has 0 radical (unpaired) electrons. The first kappa shape index (κ1) is 16.2. The molecule has 1 aromatic carbocycles. The first-order chi connectivity index (χ1) is 10.1. The minimum Gasteiger partial charge on any atom is -0.493 e. The summed E-state index contributed by atoms with van der Waals surface area (Å²) in [5.74, 6) is 1.75. The van der Waals surface area contributed by atoms with Crippen LogP contribution in [0.3, 0.4) is 0 Å². The lowest BCUT2D eigenvalue weighted by Crippen LogP contribution is -2.46. The number of methoxy groups -OCH3 is 1. The van der Waals surface area contributed by atoms with Crippen molar-refractivity contribution in [1.29, 1.82) is 0 Å². The van der Waals surface area contributed by atoms with Crippen molar-refractivity contribution in [2.45, 2.75) is 64.5 Å². The van der Waals surface area contributed by atoms with E-state index < -0.39 is 0 Å². The van der Waals surface area contributed by atoms with Crippen molar-refractivity contribution in [3.63, 3.8) is 0 Å². The van der Waals surface area contributed by atoms with Gasteiger partial charge in [0.1, 0.15) is 5.60 Å². The summed E-state index contributed by atoms with van der Waals surface area (Å²) in [6.45, 7) is 7.52. The van der Waals surface area contributed by atoms with Gasteiger partial charge in [0.05, 0.1) is 7.11 Å². The van der Waals surface area contributed by atoms with Crippen molar-refractivity contribution in [3.8, 4) is 11.5 Å². The molecule has 0 atom stereocenters. The predicted octanol–water partition coefficient (Wildman–Crippen LogP) is 3.95. The Kier molecular flexibility index (Phi) is 5.51. The van der Waals surface area contributed by atoms with Crippen LogP contribution in [0.5, 0.6) is 11.5 Å². The molecule has 0 saturated heterocycles. The molecule has 0 amide bonds. The Morgan fingerprint density at radius 2 is 2.00 bits per heavy atom. The number of rotatable bonds is 8. The fraction of sp³-hybridized carbons (Fsp3) is 0.667. The second-order valence-electron chi connectivity index (χ2n) is 6.34. The van der Waals surface area contributed by atoms with Crippen molar-refractivity contribution in [2.75, 3.05) is 13.7 Å². The van der Waals surface area contributed by atoms with E-state index in [1.54, 1.807) is 7.11 Å². The SMILES string of the molecule is CCc1ccc(OC2(CCNC(C)C)CCC2)c(OC)c1. The summed E-state index contributed by atoms with van der Waals surface area (Å²) in [6.07, 6.45) is 5.62. The third-order valence-electron chi connectivity index (χ3n) is 4.36. The molecule has 0 aliphatic heterocycles. The van der Waals surface area contributed by atoms with Crippen LogP contribution >= 0.6 is 0 Å². The zero-order valence-electron chi connectivity index (χ0n) is 13.9. The number of hydrogen-bond donors (Lipinski definition) is 1. The minimum absolute atomic E-state index is 0.00288. The van der Waals surface area contributed by atoms with Gasteiger partial charge in [-0.2, -0.15) is 0 Å². The molecule has 0 spiro atoms. The van der Waals surface area contributed by atoms with Gasteiger partial charge in [-0.1, -0.05) is 26.8 Å². The standard InChI is InChI=1S/C18H29NO2/c1-5-15-7-8-16(17(13-15)20-4)21-18(9-6-10-18)11-12-19-14(2)3/h7-8,13-14,19H,5-6,9-12H2,1-4H3. The Morgan fingerprint density at radius 1 is 1.24 bits per heavy atom. The van der Waals surface area contributed by atoms with Gasteiger partial charge in [0.25, 0.3) is 0 Å². The zero-order chi connectivity index (χ0) is 15.3. The average Bonchev–Trinajstić information content (AvgIpc) is 2.44. The third-order valence-corrected chi connectivity index (χ3v) is 4.36. The molecule has 3 nitrogen and oxygen atoms in total. The molecule has 1 aliphatic rings. The van der Waals surface area contributed by atoms with E-state index in [9.17, 15) is 0 Å². The Labute approximate surface area is 129 Å². The number of ether oxygens (including phenoxy) is 2. The van der Waals surface area contributed by atoms with Gasteiger partial charge in [-0.15, -0.1) is 0 Å². The van der Waals surface area contributed by atoms with E-state index >= 15 is 0 Å². The van der Waals surface area contributed by atoms with Crippen LogP contribution in [-0.4, -0.2) is 25.3 Å². The molecule has 2 rings (SSSR count). The summed E-state index contributed by atoms with van der Waals surface area (Å²) < 4.78 is 11.9. The largest absolute Gasteiger partial charge is 0.493 e. The van der Waals surface area contributed by atoms with E-state index in [0.29, 0.717) is 6.04 Å². The summed E-state index contributed by atoms with van der Waals surface area (Å²) in [5, 5.41) is 3.49. The molecule has 1 aromatic rings. The normalized spacial score (nSPS) is 16.6. The third kappa shape index (κ3) is 4.13. The van der Waals surface area contributed by atoms with E-state index in [0.717, 1.165) is 43.7 Å². The van der Waals surface area contributed by atoms with Gasteiger partial charge in [-0.25, -0.2) is 0 Å². The Balaban J connectivity index is 2.04. The number of hydrogen-bond acceptors (Lipinski definition) is 3. The van der Waals surface area contributed by atoms with Crippen molar-refractivity contribution >= 4 is 0 Å². The van der Waals surface area contributed by atoms with Gasteiger partial charge in [0.2, 0.25) is 0 Å². The maximum absolute atomic E-state index is 6.38. The highest BCUT2D eigenvalue weighted by Gasteiger charge is 2.39. The van der Waals surface area contributed by atoms with Crippen molar-refractivity contribution in [2.24, 2.45) is 0 Å². The first-order valence-electron chi connectivity index (χ1n) is 8.18. The van der Waals surface area contributed by atoms with Gasteiger partial charge in [0.15, 0.2) is 11.5 Å². The summed E-state index contributed by atoms with van der Waals surface area (Å²) in [5.41, 5.74) is 1.28. The van der Waals surface area contributed by atoms with Gasteiger partial charge in [0, 0.05) is 6.04 Å². The maximum atomic E-state index is 6.38. The van der Waals surface area contributed by atoms with E-state index in [1.807, 2.05) is 0 Å². The Bertz CT molecular complexity index is 453. The van der Waals surface area contributed by atoms with Gasteiger partial charge in [-0.05, 0) is 56.3 Å². The second kappa shape index (κ2) is 7.17. The van der Waals surface area contributed by atoms with E-state index in [1.165, 1.54) is 12.0 Å². The molecular weight excluding hydrogens is 262 g/mol. The minimum atomic E-state index is 0.00288. The van der Waals surface area contributed by atoms with Crippen LogP contribution in [0, 0.1) is 0 Å². The van der Waals surface area contributed by atoms with Crippen molar-refractivity contribution < 1.29 is 9.47 Å².